The van der Waals surface area contributed by atoms with Crippen LogP contribution in [0.15, 0.2) is 23.1 Å². The summed E-state index contributed by atoms with van der Waals surface area (Å²) in [5.41, 5.74) is 0. The lowest BCUT2D eigenvalue weighted by Crippen LogP contribution is -2.53. The number of hydrogen-bond donors (Lipinski definition) is 1. The normalized spacial score (nSPS) is 16.2. The van der Waals surface area contributed by atoms with Crippen LogP contribution in [-0.4, -0.2) is 55.5 Å². The monoisotopic (exact) mass is 409 g/mol. The summed E-state index contributed by atoms with van der Waals surface area (Å²) in [4.78, 5) is 2.17. The molecule has 1 aromatic rings. The van der Waals surface area contributed by atoms with Crippen molar-refractivity contribution in [3.63, 3.8) is 0 Å². The van der Waals surface area contributed by atoms with Gasteiger partial charge in [0, 0.05) is 32.7 Å². The molecular weight excluding hydrogens is 389 g/mol. The van der Waals surface area contributed by atoms with E-state index in [1.807, 2.05) is 4.90 Å². The molecule has 134 valence electrons. The van der Waals surface area contributed by atoms with E-state index in [0.29, 0.717) is 36.3 Å². The highest BCUT2D eigenvalue weighted by Crippen LogP contribution is 2.27. The first-order chi connectivity index (χ1) is 11.4. The van der Waals surface area contributed by atoms with E-state index >= 15 is 0 Å². The van der Waals surface area contributed by atoms with Crippen LogP contribution in [-0.2, 0) is 10.0 Å². The van der Waals surface area contributed by atoms with Crippen molar-refractivity contribution < 1.29 is 8.42 Å². The first-order valence-corrected chi connectivity index (χ1v) is 10.4. The minimum absolute atomic E-state index is 0.161. The minimum Gasteiger partial charge on any atom is -0.363 e. The molecule has 0 radical (unpaired) electrons. The molecule has 1 aliphatic rings. The van der Waals surface area contributed by atoms with E-state index in [1.54, 1.807) is 0 Å². The zero-order valence-corrected chi connectivity index (χ0v) is 16.6. The molecule has 1 saturated heterocycles. The number of unbranched alkanes of at least 4 members (excludes halogenated alkanes) is 1. The van der Waals surface area contributed by atoms with Gasteiger partial charge in [0.25, 0.3) is 0 Å². The lowest BCUT2D eigenvalue weighted by molar-refractivity contribution is 0.264. The molecule has 1 aromatic carbocycles. The van der Waals surface area contributed by atoms with Crippen molar-refractivity contribution in [2.75, 3.05) is 32.7 Å². The number of hydrogen-bond acceptors (Lipinski definition) is 3. The standard InChI is InChI=1S/C15H21Cl2N3O2S2/c1-2-3-6-18-15(23)19-7-9-20(10-8-19)24(21,22)12-4-5-13(16)14(17)11-12/h4-5,11H,2-3,6-10H2,1H3,(H,18,23). The third-order valence-electron chi connectivity index (χ3n) is 3.86. The molecular formula is C15H21Cl2N3O2S2. The summed E-state index contributed by atoms with van der Waals surface area (Å²) in [7, 11) is -3.57. The predicted molar refractivity (Wildman–Crippen MR) is 102 cm³/mol. The van der Waals surface area contributed by atoms with Crippen LogP contribution in [0.25, 0.3) is 0 Å². The van der Waals surface area contributed by atoms with Crippen molar-refractivity contribution in [2.45, 2.75) is 24.7 Å². The quantitative estimate of drug-likeness (QED) is 0.598. The van der Waals surface area contributed by atoms with Crippen LogP contribution in [0.5, 0.6) is 0 Å². The molecule has 9 heteroatoms. The molecule has 0 amide bonds. The Labute approximate surface area is 159 Å². The van der Waals surface area contributed by atoms with Gasteiger partial charge in [0.15, 0.2) is 5.11 Å². The zero-order valence-electron chi connectivity index (χ0n) is 13.5. The third kappa shape index (κ3) is 4.73. The maximum atomic E-state index is 12.7. The first kappa shape index (κ1) is 19.7. The Bertz CT molecular complexity index is 690. The van der Waals surface area contributed by atoms with Crippen LogP contribution in [0.2, 0.25) is 10.0 Å². The van der Waals surface area contributed by atoms with Gasteiger partial charge in [-0.1, -0.05) is 36.5 Å². The molecule has 0 aliphatic carbocycles. The van der Waals surface area contributed by atoms with Gasteiger partial charge in [-0.3, -0.25) is 0 Å². The van der Waals surface area contributed by atoms with E-state index in [2.05, 4.69) is 12.2 Å². The van der Waals surface area contributed by atoms with Crippen LogP contribution < -0.4 is 5.32 Å². The second-order valence-corrected chi connectivity index (χ2v) is 8.69. The predicted octanol–water partition coefficient (Wildman–Crippen LogP) is 2.97. The number of nitrogens with one attached hydrogen (secondary N) is 1. The Morgan fingerprint density at radius 3 is 2.46 bits per heavy atom. The van der Waals surface area contributed by atoms with Crippen molar-refractivity contribution in [3.05, 3.63) is 28.2 Å². The van der Waals surface area contributed by atoms with Gasteiger partial charge >= 0.3 is 0 Å². The van der Waals surface area contributed by atoms with Gasteiger partial charge in [0.1, 0.15) is 0 Å². The van der Waals surface area contributed by atoms with E-state index in [4.69, 9.17) is 35.4 Å². The maximum absolute atomic E-state index is 12.7. The van der Waals surface area contributed by atoms with E-state index in [0.717, 1.165) is 19.4 Å². The van der Waals surface area contributed by atoms with E-state index in [9.17, 15) is 8.42 Å². The zero-order chi connectivity index (χ0) is 17.7. The van der Waals surface area contributed by atoms with Crippen molar-refractivity contribution in [1.82, 2.24) is 14.5 Å². The van der Waals surface area contributed by atoms with Crippen LogP contribution in [0.3, 0.4) is 0 Å². The average Bonchev–Trinajstić information content (AvgIpc) is 2.57. The molecule has 0 atom stereocenters. The molecule has 1 heterocycles. The SMILES string of the molecule is CCCCNC(=S)N1CCN(S(=O)(=O)c2ccc(Cl)c(Cl)c2)CC1. The Hall–Kier alpha value is -0.600. The molecule has 1 aliphatic heterocycles. The molecule has 1 N–H and O–H groups in total. The second-order valence-electron chi connectivity index (χ2n) is 5.55. The Balaban J connectivity index is 1.98. The largest absolute Gasteiger partial charge is 0.363 e. The van der Waals surface area contributed by atoms with Crippen molar-refractivity contribution in [1.29, 1.82) is 0 Å². The van der Waals surface area contributed by atoms with Gasteiger partial charge in [-0.15, -0.1) is 0 Å². The molecule has 0 bridgehead atoms. The summed E-state index contributed by atoms with van der Waals surface area (Å²) in [6, 6.07) is 4.37. The number of piperazine rings is 1. The molecule has 1 fully saturated rings. The highest BCUT2D eigenvalue weighted by Gasteiger charge is 2.29. The second kappa shape index (κ2) is 8.67. The average molecular weight is 410 g/mol. The fourth-order valence-electron chi connectivity index (χ4n) is 2.40. The molecule has 0 aromatic heterocycles. The Morgan fingerprint density at radius 2 is 1.88 bits per heavy atom. The van der Waals surface area contributed by atoms with E-state index in [1.165, 1.54) is 22.5 Å². The summed E-state index contributed by atoms with van der Waals surface area (Å²) >= 11 is 17.1. The molecule has 0 spiro atoms. The number of benzene rings is 1. The number of nitrogens with zero attached hydrogens (tertiary/aromatic N) is 2. The number of halogens is 2. The molecule has 5 nitrogen and oxygen atoms in total. The summed E-state index contributed by atoms with van der Waals surface area (Å²) in [5.74, 6) is 0. The Kier molecular flexibility index (Phi) is 7.12. The molecule has 0 saturated carbocycles. The first-order valence-electron chi connectivity index (χ1n) is 7.84. The van der Waals surface area contributed by atoms with Crippen LogP contribution >= 0.6 is 35.4 Å². The smallest absolute Gasteiger partial charge is 0.243 e. The molecule has 24 heavy (non-hydrogen) atoms. The lowest BCUT2D eigenvalue weighted by Gasteiger charge is -2.35. The van der Waals surface area contributed by atoms with Gasteiger partial charge in [0.2, 0.25) is 10.0 Å². The minimum atomic E-state index is -3.57. The molecule has 2 rings (SSSR count). The highest BCUT2D eigenvalue weighted by molar-refractivity contribution is 7.89. The number of rotatable bonds is 5. The number of sulfonamides is 1. The highest BCUT2D eigenvalue weighted by atomic mass is 35.5. The Morgan fingerprint density at radius 1 is 1.21 bits per heavy atom. The summed E-state index contributed by atoms with van der Waals surface area (Å²) in [5, 5.41) is 4.47. The third-order valence-corrected chi connectivity index (χ3v) is 6.90. The molecule has 0 unspecified atom stereocenters. The van der Waals surface area contributed by atoms with Crippen LogP contribution in [0.1, 0.15) is 19.8 Å². The van der Waals surface area contributed by atoms with Crippen molar-refractivity contribution in [2.24, 2.45) is 0 Å². The van der Waals surface area contributed by atoms with Gasteiger partial charge in [-0.25, -0.2) is 8.42 Å². The summed E-state index contributed by atoms with van der Waals surface area (Å²) < 4.78 is 26.8. The van der Waals surface area contributed by atoms with Gasteiger partial charge in [-0.2, -0.15) is 4.31 Å². The van der Waals surface area contributed by atoms with Crippen LogP contribution in [0.4, 0.5) is 0 Å². The summed E-state index contributed by atoms with van der Waals surface area (Å²) in [6.45, 7) is 4.88. The fraction of sp³-hybridized carbons (Fsp3) is 0.533. The van der Waals surface area contributed by atoms with Gasteiger partial charge in [-0.05, 0) is 36.8 Å². The fourth-order valence-corrected chi connectivity index (χ4v) is 4.50. The van der Waals surface area contributed by atoms with Gasteiger partial charge in [0.05, 0.1) is 14.9 Å². The topological polar surface area (TPSA) is 52.6 Å². The number of thiocarbonyl (C=S) groups is 1. The van der Waals surface area contributed by atoms with E-state index < -0.39 is 10.0 Å². The van der Waals surface area contributed by atoms with Crippen molar-refractivity contribution >= 4 is 50.6 Å². The van der Waals surface area contributed by atoms with Crippen LogP contribution in [0, 0.1) is 0 Å². The van der Waals surface area contributed by atoms with E-state index in [-0.39, 0.29) is 9.92 Å². The maximum Gasteiger partial charge on any atom is 0.243 e. The lowest BCUT2D eigenvalue weighted by atomic mass is 10.3. The summed E-state index contributed by atoms with van der Waals surface area (Å²) in [6.07, 6.45) is 2.16. The van der Waals surface area contributed by atoms with Gasteiger partial charge < -0.3 is 10.2 Å². The van der Waals surface area contributed by atoms with Crippen molar-refractivity contribution in [3.8, 4) is 0 Å².